The minimum atomic E-state index is -0.359. The first-order valence-electron chi connectivity index (χ1n) is 6.82. The Bertz CT molecular complexity index is 585. The molecule has 3 amide bonds. The third kappa shape index (κ3) is 1.90. The van der Waals surface area contributed by atoms with Crippen LogP contribution in [0, 0.1) is 5.41 Å². The number of hydrogen-bond donors (Lipinski definition) is 0. The number of hydrogen-bond acceptors (Lipinski definition) is 2. The number of piperidine rings is 1. The summed E-state index contributed by atoms with van der Waals surface area (Å²) in [4.78, 5) is 28.2. The zero-order valence-electron chi connectivity index (χ0n) is 11.6. The van der Waals surface area contributed by atoms with E-state index in [-0.39, 0.29) is 23.4 Å². The van der Waals surface area contributed by atoms with Gasteiger partial charge in [0, 0.05) is 11.6 Å². The summed E-state index contributed by atoms with van der Waals surface area (Å²) < 4.78 is 0. The van der Waals surface area contributed by atoms with Crippen LogP contribution in [0.2, 0.25) is 5.02 Å². The zero-order valence-corrected chi connectivity index (χ0v) is 12.4. The van der Waals surface area contributed by atoms with Gasteiger partial charge >= 0.3 is 6.03 Å². The monoisotopic (exact) mass is 292 g/mol. The van der Waals surface area contributed by atoms with Gasteiger partial charge in [-0.3, -0.25) is 4.79 Å². The van der Waals surface area contributed by atoms with E-state index in [1.165, 1.54) is 4.90 Å². The summed E-state index contributed by atoms with van der Waals surface area (Å²) in [5, 5.41) is 0.521. The van der Waals surface area contributed by atoms with Crippen LogP contribution in [-0.4, -0.2) is 29.4 Å². The first-order valence-corrected chi connectivity index (χ1v) is 7.20. The Morgan fingerprint density at radius 1 is 1.30 bits per heavy atom. The van der Waals surface area contributed by atoms with Gasteiger partial charge < -0.3 is 4.90 Å². The maximum atomic E-state index is 12.7. The van der Waals surface area contributed by atoms with Gasteiger partial charge in [0.25, 0.3) is 5.91 Å². The average Bonchev–Trinajstić information content (AvgIpc) is 2.62. The lowest BCUT2D eigenvalue weighted by Gasteiger charge is -2.39. The van der Waals surface area contributed by atoms with Crippen molar-refractivity contribution >= 4 is 29.2 Å². The lowest BCUT2D eigenvalue weighted by atomic mass is 9.77. The molecular weight excluding hydrogens is 276 g/mol. The SMILES string of the molecule is CC1(C)CCCN2C(=O)N(c3cccc(Cl)c3)C(=O)C21. The van der Waals surface area contributed by atoms with E-state index in [2.05, 4.69) is 13.8 Å². The van der Waals surface area contributed by atoms with Crippen LogP contribution in [-0.2, 0) is 4.79 Å². The summed E-state index contributed by atoms with van der Waals surface area (Å²) in [5.74, 6) is -0.137. The highest BCUT2D eigenvalue weighted by molar-refractivity contribution is 6.31. The third-order valence-corrected chi connectivity index (χ3v) is 4.46. The van der Waals surface area contributed by atoms with Gasteiger partial charge in [-0.05, 0) is 36.5 Å². The fraction of sp³-hybridized carbons (Fsp3) is 0.467. The number of benzene rings is 1. The largest absolute Gasteiger partial charge is 0.332 e. The molecule has 4 nitrogen and oxygen atoms in total. The predicted molar refractivity (Wildman–Crippen MR) is 77.8 cm³/mol. The minimum Gasteiger partial charge on any atom is -0.311 e. The second-order valence-corrected chi connectivity index (χ2v) is 6.56. The maximum absolute atomic E-state index is 12.7. The number of carbonyl (C=O) groups excluding carboxylic acids is 2. The number of amides is 3. The molecule has 20 heavy (non-hydrogen) atoms. The van der Waals surface area contributed by atoms with Crippen molar-refractivity contribution in [1.82, 2.24) is 4.90 Å². The van der Waals surface area contributed by atoms with Crippen LogP contribution >= 0.6 is 11.6 Å². The molecule has 106 valence electrons. The first kappa shape index (κ1) is 13.4. The van der Waals surface area contributed by atoms with Crippen molar-refractivity contribution in [1.29, 1.82) is 0 Å². The fourth-order valence-electron chi connectivity index (χ4n) is 3.26. The summed E-state index contributed by atoms with van der Waals surface area (Å²) in [6.07, 6.45) is 1.89. The number of carbonyl (C=O) groups is 2. The molecule has 0 spiro atoms. The van der Waals surface area contributed by atoms with Crippen molar-refractivity contribution in [3.05, 3.63) is 29.3 Å². The Hall–Kier alpha value is -1.55. The highest BCUT2D eigenvalue weighted by Crippen LogP contribution is 2.41. The van der Waals surface area contributed by atoms with Crippen molar-refractivity contribution in [2.45, 2.75) is 32.7 Å². The molecule has 0 aromatic heterocycles. The van der Waals surface area contributed by atoms with E-state index in [1.807, 2.05) is 0 Å². The molecule has 5 heteroatoms. The van der Waals surface area contributed by atoms with Crippen molar-refractivity contribution < 1.29 is 9.59 Å². The molecule has 2 aliphatic rings. The molecule has 2 heterocycles. The van der Waals surface area contributed by atoms with E-state index in [9.17, 15) is 9.59 Å². The second-order valence-electron chi connectivity index (χ2n) is 6.12. The van der Waals surface area contributed by atoms with Gasteiger partial charge in [0.05, 0.1) is 5.69 Å². The lowest BCUT2D eigenvalue weighted by molar-refractivity contribution is -0.124. The van der Waals surface area contributed by atoms with Crippen molar-refractivity contribution in [3.8, 4) is 0 Å². The van der Waals surface area contributed by atoms with E-state index in [0.717, 1.165) is 12.8 Å². The molecule has 2 aliphatic heterocycles. The minimum absolute atomic E-state index is 0.137. The van der Waals surface area contributed by atoms with Crippen LogP contribution in [0.1, 0.15) is 26.7 Å². The Morgan fingerprint density at radius 2 is 2.05 bits per heavy atom. The summed E-state index contributed by atoms with van der Waals surface area (Å²) in [7, 11) is 0. The summed E-state index contributed by atoms with van der Waals surface area (Å²) in [6, 6.07) is 6.29. The van der Waals surface area contributed by atoms with Crippen LogP contribution in [0.25, 0.3) is 0 Å². The highest BCUT2D eigenvalue weighted by Gasteiger charge is 2.53. The molecule has 2 fully saturated rings. The van der Waals surface area contributed by atoms with Crippen molar-refractivity contribution in [2.75, 3.05) is 11.4 Å². The number of urea groups is 1. The lowest BCUT2D eigenvalue weighted by Crippen LogP contribution is -2.49. The molecule has 0 bridgehead atoms. The number of rotatable bonds is 1. The van der Waals surface area contributed by atoms with E-state index < -0.39 is 0 Å². The summed E-state index contributed by atoms with van der Waals surface area (Å²) in [6.45, 7) is 4.75. The molecule has 0 radical (unpaired) electrons. The molecule has 0 saturated carbocycles. The Kier molecular flexibility index (Phi) is 3.01. The van der Waals surface area contributed by atoms with Gasteiger partial charge in [-0.2, -0.15) is 0 Å². The van der Waals surface area contributed by atoms with Crippen LogP contribution in [0.15, 0.2) is 24.3 Å². The Morgan fingerprint density at radius 3 is 2.70 bits per heavy atom. The van der Waals surface area contributed by atoms with E-state index >= 15 is 0 Å². The molecule has 1 aromatic rings. The van der Waals surface area contributed by atoms with Gasteiger partial charge in [-0.25, -0.2) is 9.69 Å². The first-order chi connectivity index (χ1) is 9.42. The van der Waals surface area contributed by atoms with Crippen LogP contribution in [0.4, 0.5) is 10.5 Å². The Labute approximate surface area is 123 Å². The number of anilines is 1. The smallest absolute Gasteiger partial charge is 0.311 e. The number of fused-ring (bicyclic) bond motifs is 1. The molecule has 1 atom stereocenters. The van der Waals surface area contributed by atoms with Gasteiger partial charge in [0.1, 0.15) is 6.04 Å². The number of imide groups is 1. The third-order valence-electron chi connectivity index (χ3n) is 4.23. The highest BCUT2D eigenvalue weighted by atomic mass is 35.5. The Balaban J connectivity index is 2.02. The van der Waals surface area contributed by atoms with Crippen LogP contribution < -0.4 is 4.90 Å². The standard InChI is InChI=1S/C15H17ClN2O2/c1-15(2)7-4-8-17-12(15)13(19)18(14(17)20)11-6-3-5-10(16)9-11/h3,5-6,9,12H,4,7-8H2,1-2H3. The van der Waals surface area contributed by atoms with Gasteiger partial charge in [-0.1, -0.05) is 31.5 Å². The molecule has 1 unspecified atom stereocenters. The van der Waals surface area contributed by atoms with Crippen LogP contribution in [0.5, 0.6) is 0 Å². The molecular formula is C15H17ClN2O2. The average molecular weight is 293 g/mol. The molecule has 0 aliphatic carbocycles. The molecule has 1 aromatic carbocycles. The van der Waals surface area contributed by atoms with E-state index in [4.69, 9.17) is 11.6 Å². The topological polar surface area (TPSA) is 40.6 Å². The fourth-order valence-corrected chi connectivity index (χ4v) is 3.45. The van der Waals surface area contributed by atoms with Gasteiger partial charge in [0.15, 0.2) is 0 Å². The maximum Gasteiger partial charge on any atom is 0.332 e. The second kappa shape index (κ2) is 4.48. The zero-order chi connectivity index (χ0) is 14.5. The predicted octanol–water partition coefficient (Wildman–Crippen LogP) is 3.30. The van der Waals surface area contributed by atoms with Crippen LogP contribution in [0.3, 0.4) is 0 Å². The summed E-state index contributed by atoms with van der Waals surface area (Å²) in [5.41, 5.74) is 0.371. The molecule has 0 N–H and O–H groups in total. The van der Waals surface area contributed by atoms with Gasteiger partial charge in [0.2, 0.25) is 0 Å². The summed E-state index contributed by atoms with van der Waals surface area (Å²) >= 11 is 5.96. The number of nitrogens with zero attached hydrogens (tertiary/aromatic N) is 2. The molecule has 3 rings (SSSR count). The normalized spacial score (nSPS) is 25.1. The van der Waals surface area contributed by atoms with E-state index in [1.54, 1.807) is 29.2 Å². The van der Waals surface area contributed by atoms with Crippen molar-refractivity contribution in [2.24, 2.45) is 5.41 Å². The molecule has 2 saturated heterocycles. The van der Waals surface area contributed by atoms with Gasteiger partial charge in [-0.15, -0.1) is 0 Å². The van der Waals surface area contributed by atoms with E-state index in [0.29, 0.717) is 17.3 Å². The number of halogens is 1. The quantitative estimate of drug-likeness (QED) is 0.745. The van der Waals surface area contributed by atoms with Crippen molar-refractivity contribution in [3.63, 3.8) is 0 Å².